The molecule has 2 unspecified atom stereocenters. The maximum absolute atomic E-state index is 14.9. The largest absolute Gasteiger partial charge is 0.322 e. The summed E-state index contributed by atoms with van der Waals surface area (Å²) < 4.78 is 43.5. The van der Waals surface area contributed by atoms with Crippen molar-refractivity contribution in [2.45, 2.75) is 31.2 Å². The first-order valence-electron chi connectivity index (χ1n) is 12.5. The highest BCUT2D eigenvalue weighted by molar-refractivity contribution is 6.29. The molecule has 39 heavy (non-hydrogen) atoms. The number of hydrogen-bond acceptors (Lipinski definition) is 4. The molecule has 3 aromatic carbocycles. The van der Waals surface area contributed by atoms with Crippen molar-refractivity contribution in [2.75, 3.05) is 11.9 Å². The van der Waals surface area contributed by atoms with Crippen LogP contribution in [0.1, 0.15) is 40.2 Å². The molecule has 1 amide bonds. The first kappa shape index (κ1) is 26.9. The van der Waals surface area contributed by atoms with Crippen molar-refractivity contribution in [2.24, 2.45) is 0 Å². The Balaban J connectivity index is 1.37. The standard InChI is InChI=1S/C30H25ClF3N3O2/c31-29-15-21(8-10-35-29)30(38)36-28-17-27(34)26(33)16-24(28)20-9-11-37(39)22(14-20)12-18-6-7-23(25(32)13-18)19-4-2-1-3-5-19/h1-8,10,13,15-17,20,22,39H,9,11-12,14H2,(H,36,38). The summed E-state index contributed by atoms with van der Waals surface area (Å²) in [4.78, 5) is 16.7. The number of aromatic nitrogens is 1. The van der Waals surface area contributed by atoms with E-state index >= 15 is 0 Å². The van der Waals surface area contributed by atoms with Gasteiger partial charge in [-0.25, -0.2) is 18.2 Å². The zero-order valence-corrected chi connectivity index (χ0v) is 21.5. The van der Waals surface area contributed by atoms with Crippen LogP contribution in [0.15, 0.2) is 79.0 Å². The second kappa shape index (κ2) is 11.6. The number of nitrogens with zero attached hydrogens (tertiary/aromatic N) is 2. The second-order valence-electron chi connectivity index (χ2n) is 9.60. The molecule has 2 atom stereocenters. The Kier molecular flexibility index (Phi) is 7.97. The van der Waals surface area contributed by atoms with Gasteiger partial charge in [0.15, 0.2) is 11.6 Å². The van der Waals surface area contributed by atoms with E-state index < -0.39 is 23.6 Å². The van der Waals surface area contributed by atoms with E-state index in [1.165, 1.54) is 29.5 Å². The van der Waals surface area contributed by atoms with Crippen LogP contribution in [0.5, 0.6) is 0 Å². The molecule has 1 aliphatic heterocycles. The number of halogens is 4. The number of hydrogen-bond donors (Lipinski definition) is 2. The van der Waals surface area contributed by atoms with E-state index in [-0.39, 0.29) is 34.7 Å². The third-order valence-electron chi connectivity index (χ3n) is 7.04. The number of nitrogens with one attached hydrogen (secondary N) is 1. The third-order valence-corrected chi connectivity index (χ3v) is 7.25. The Labute approximate surface area is 228 Å². The molecule has 1 aromatic heterocycles. The van der Waals surface area contributed by atoms with E-state index in [9.17, 15) is 23.2 Å². The summed E-state index contributed by atoms with van der Waals surface area (Å²) >= 11 is 5.88. The van der Waals surface area contributed by atoms with Crippen molar-refractivity contribution >= 4 is 23.2 Å². The fraction of sp³-hybridized carbons (Fsp3) is 0.200. The molecule has 9 heteroatoms. The van der Waals surface area contributed by atoms with Crippen molar-refractivity contribution in [3.05, 3.63) is 118 Å². The first-order chi connectivity index (χ1) is 18.8. The van der Waals surface area contributed by atoms with Crippen molar-refractivity contribution in [3.63, 3.8) is 0 Å². The van der Waals surface area contributed by atoms with Crippen LogP contribution in [0, 0.1) is 17.5 Å². The lowest BCUT2D eigenvalue weighted by atomic mass is 9.83. The van der Waals surface area contributed by atoms with Crippen molar-refractivity contribution < 1.29 is 23.2 Å². The highest BCUT2D eigenvalue weighted by atomic mass is 35.5. The average Bonchev–Trinajstić information content (AvgIpc) is 2.92. The van der Waals surface area contributed by atoms with Gasteiger partial charge in [0.2, 0.25) is 0 Å². The van der Waals surface area contributed by atoms with Crippen LogP contribution in [-0.2, 0) is 6.42 Å². The van der Waals surface area contributed by atoms with Gasteiger partial charge in [-0.15, -0.1) is 0 Å². The van der Waals surface area contributed by atoms with Gasteiger partial charge in [0.25, 0.3) is 5.91 Å². The van der Waals surface area contributed by atoms with E-state index in [0.29, 0.717) is 36.0 Å². The van der Waals surface area contributed by atoms with Gasteiger partial charge in [0.1, 0.15) is 11.0 Å². The SMILES string of the molecule is O=C(Nc1cc(F)c(F)cc1C1CCN(O)C(Cc2ccc(-c3ccccc3)c(F)c2)C1)c1ccnc(Cl)c1. The predicted molar refractivity (Wildman–Crippen MR) is 143 cm³/mol. The Morgan fingerprint density at radius 3 is 2.51 bits per heavy atom. The summed E-state index contributed by atoms with van der Waals surface area (Å²) in [5.41, 5.74) is 2.73. The number of carbonyl (C=O) groups is 1. The highest BCUT2D eigenvalue weighted by Crippen LogP contribution is 2.37. The minimum absolute atomic E-state index is 0.125. The lowest BCUT2D eigenvalue weighted by molar-refractivity contribution is -0.144. The summed E-state index contributed by atoms with van der Waals surface area (Å²) in [5.74, 6) is -3.32. The summed E-state index contributed by atoms with van der Waals surface area (Å²) in [6.45, 7) is 0.270. The molecule has 0 saturated carbocycles. The van der Waals surface area contributed by atoms with Gasteiger partial charge in [-0.1, -0.05) is 54.1 Å². The number of piperidine rings is 1. The Morgan fingerprint density at radius 2 is 1.77 bits per heavy atom. The van der Waals surface area contributed by atoms with E-state index in [1.807, 2.05) is 36.4 Å². The Morgan fingerprint density at radius 1 is 1.00 bits per heavy atom. The lowest BCUT2D eigenvalue weighted by Crippen LogP contribution is -2.41. The van der Waals surface area contributed by atoms with Gasteiger partial charge in [0.05, 0.1) is 0 Å². The average molecular weight is 552 g/mol. The number of carbonyl (C=O) groups excluding carboxylic acids is 1. The van der Waals surface area contributed by atoms with Crippen molar-refractivity contribution in [1.29, 1.82) is 0 Å². The van der Waals surface area contributed by atoms with Crippen LogP contribution in [0.3, 0.4) is 0 Å². The normalized spacial score (nSPS) is 17.7. The van der Waals surface area contributed by atoms with E-state index in [4.69, 9.17) is 11.6 Å². The molecule has 0 radical (unpaired) electrons. The summed E-state index contributed by atoms with van der Waals surface area (Å²) in [6, 6.07) is 18.7. The van der Waals surface area contributed by atoms with Crippen LogP contribution < -0.4 is 5.32 Å². The number of hydroxylamine groups is 2. The lowest BCUT2D eigenvalue weighted by Gasteiger charge is -2.36. The molecule has 1 saturated heterocycles. The molecule has 5 nitrogen and oxygen atoms in total. The highest BCUT2D eigenvalue weighted by Gasteiger charge is 2.31. The number of rotatable bonds is 6. The van der Waals surface area contributed by atoms with Crippen molar-refractivity contribution in [1.82, 2.24) is 10.0 Å². The summed E-state index contributed by atoms with van der Waals surface area (Å²) in [6.07, 6.45) is 2.55. The Hall–Kier alpha value is -3.72. The maximum Gasteiger partial charge on any atom is 0.255 e. The monoisotopic (exact) mass is 551 g/mol. The van der Waals surface area contributed by atoms with Crippen LogP contribution in [0.2, 0.25) is 5.15 Å². The molecule has 4 aromatic rings. The molecule has 0 aliphatic carbocycles. The van der Waals surface area contributed by atoms with Gasteiger partial charge < -0.3 is 10.5 Å². The molecular weight excluding hydrogens is 527 g/mol. The zero-order chi connectivity index (χ0) is 27.5. The first-order valence-corrected chi connectivity index (χ1v) is 12.9. The Bertz CT molecular complexity index is 1500. The fourth-order valence-corrected chi connectivity index (χ4v) is 5.24. The van der Waals surface area contributed by atoms with Gasteiger partial charge in [-0.2, -0.15) is 5.06 Å². The molecular formula is C30H25ClF3N3O2. The fourth-order valence-electron chi connectivity index (χ4n) is 5.07. The van der Waals surface area contributed by atoms with E-state index in [1.54, 1.807) is 6.07 Å². The van der Waals surface area contributed by atoms with Crippen LogP contribution in [-0.4, -0.2) is 33.7 Å². The quantitative estimate of drug-likeness (QED) is 0.248. The van der Waals surface area contributed by atoms with Gasteiger partial charge in [-0.3, -0.25) is 4.79 Å². The number of amides is 1. The molecule has 1 fully saturated rings. The van der Waals surface area contributed by atoms with E-state index in [2.05, 4.69) is 10.3 Å². The number of pyridine rings is 1. The van der Waals surface area contributed by atoms with Gasteiger partial charge >= 0.3 is 0 Å². The number of anilines is 1. The summed E-state index contributed by atoms with van der Waals surface area (Å²) in [7, 11) is 0. The number of benzene rings is 3. The van der Waals surface area contributed by atoms with E-state index in [0.717, 1.165) is 17.7 Å². The molecule has 2 N–H and O–H groups in total. The molecule has 2 heterocycles. The third kappa shape index (κ3) is 6.14. The zero-order valence-electron chi connectivity index (χ0n) is 20.8. The molecule has 0 bridgehead atoms. The molecule has 0 spiro atoms. The van der Waals surface area contributed by atoms with Crippen LogP contribution in [0.4, 0.5) is 18.9 Å². The predicted octanol–water partition coefficient (Wildman–Crippen LogP) is 7.25. The molecule has 200 valence electrons. The van der Waals surface area contributed by atoms with Crippen LogP contribution >= 0.6 is 11.6 Å². The topological polar surface area (TPSA) is 65.5 Å². The minimum Gasteiger partial charge on any atom is -0.322 e. The van der Waals surface area contributed by atoms with Crippen LogP contribution in [0.25, 0.3) is 11.1 Å². The van der Waals surface area contributed by atoms with Gasteiger partial charge in [0, 0.05) is 41.7 Å². The van der Waals surface area contributed by atoms with Gasteiger partial charge in [-0.05, 0) is 66.1 Å². The maximum atomic E-state index is 14.9. The second-order valence-corrected chi connectivity index (χ2v) is 9.98. The van der Waals surface area contributed by atoms with Crippen molar-refractivity contribution in [3.8, 4) is 11.1 Å². The molecule has 5 rings (SSSR count). The minimum atomic E-state index is -1.09. The smallest absolute Gasteiger partial charge is 0.255 e. The summed E-state index contributed by atoms with van der Waals surface area (Å²) in [5, 5.41) is 14.6. The molecule has 1 aliphatic rings.